The van der Waals surface area contributed by atoms with Gasteiger partial charge < -0.3 is 19.5 Å². The number of aromatic nitrogens is 2. The Morgan fingerprint density at radius 3 is 2.76 bits per heavy atom. The highest BCUT2D eigenvalue weighted by Crippen LogP contribution is 2.24. The third-order valence-electron chi connectivity index (χ3n) is 5.57. The number of fused-ring (bicyclic) bond motifs is 1. The molecule has 0 radical (unpaired) electrons. The van der Waals surface area contributed by atoms with E-state index in [1.165, 1.54) is 25.0 Å². The Labute approximate surface area is 171 Å². The molecule has 1 fully saturated rings. The zero-order valence-corrected chi connectivity index (χ0v) is 17.3. The molecule has 1 aliphatic heterocycles. The summed E-state index contributed by atoms with van der Waals surface area (Å²) in [5, 5.41) is 6.86. The minimum absolute atomic E-state index is 0.210. The number of hydrogen-bond acceptors (Lipinski definition) is 4. The van der Waals surface area contributed by atoms with Crippen molar-refractivity contribution in [3.8, 4) is 0 Å². The molecule has 3 aromatic rings. The van der Waals surface area contributed by atoms with Crippen molar-refractivity contribution in [2.75, 3.05) is 26.7 Å². The van der Waals surface area contributed by atoms with Crippen LogP contribution < -0.4 is 10.6 Å². The summed E-state index contributed by atoms with van der Waals surface area (Å²) >= 11 is 0. The molecule has 1 atom stereocenters. The van der Waals surface area contributed by atoms with Crippen LogP contribution in [-0.4, -0.2) is 46.9 Å². The van der Waals surface area contributed by atoms with Crippen molar-refractivity contribution >= 4 is 11.6 Å². The van der Waals surface area contributed by atoms with Gasteiger partial charge in [0.1, 0.15) is 11.4 Å². The van der Waals surface area contributed by atoms with Crippen LogP contribution in [0.4, 0.5) is 0 Å². The Bertz CT molecular complexity index is 940. The molecule has 0 saturated carbocycles. The number of imidazole rings is 1. The van der Waals surface area contributed by atoms with Crippen LogP contribution in [0.15, 0.2) is 52.2 Å². The van der Waals surface area contributed by atoms with Crippen LogP contribution in [0, 0.1) is 6.92 Å². The molecule has 1 unspecified atom stereocenters. The average molecular weight is 395 g/mol. The molecule has 0 bridgehead atoms. The van der Waals surface area contributed by atoms with Gasteiger partial charge in [-0.15, -0.1) is 0 Å². The van der Waals surface area contributed by atoms with Gasteiger partial charge in [-0.05, 0) is 57.1 Å². The Hall–Kier alpha value is -2.80. The van der Waals surface area contributed by atoms with Crippen molar-refractivity contribution in [3.63, 3.8) is 0 Å². The number of piperidine rings is 1. The molecule has 1 saturated heterocycles. The van der Waals surface area contributed by atoms with Crippen LogP contribution >= 0.6 is 0 Å². The summed E-state index contributed by atoms with van der Waals surface area (Å²) in [6.45, 7) is 5.68. The Morgan fingerprint density at radius 2 is 2.03 bits per heavy atom. The lowest BCUT2D eigenvalue weighted by Crippen LogP contribution is -2.44. The van der Waals surface area contributed by atoms with E-state index < -0.39 is 0 Å². The maximum atomic E-state index is 5.73. The van der Waals surface area contributed by atoms with E-state index in [2.05, 4.69) is 55.2 Å². The third kappa shape index (κ3) is 4.62. The number of pyridine rings is 1. The monoisotopic (exact) mass is 394 g/mol. The fourth-order valence-electron chi connectivity index (χ4n) is 3.99. The molecule has 0 aromatic carbocycles. The van der Waals surface area contributed by atoms with Crippen molar-refractivity contribution < 1.29 is 4.42 Å². The van der Waals surface area contributed by atoms with Gasteiger partial charge >= 0.3 is 0 Å². The molecule has 4 heterocycles. The van der Waals surface area contributed by atoms with Gasteiger partial charge in [0, 0.05) is 25.5 Å². The van der Waals surface area contributed by atoms with E-state index in [1.54, 1.807) is 13.3 Å². The van der Waals surface area contributed by atoms with Crippen molar-refractivity contribution in [3.05, 3.63) is 59.9 Å². The standard InChI is InChI=1S/C22H30N6O/c1-17-8-6-10-21-26-18(16-28(17)21)14-24-22(23-2)25-15-19(20-9-7-13-29-20)27-11-4-3-5-12-27/h6-10,13,16,19H,3-5,11-12,14-15H2,1-2H3,(H2,23,24,25). The van der Waals surface area contributed by atoms with Gasteiger partial charge in [-0.3, -0.25) is 9.89 Å². The fraction of sp³-hybridized carbons (Fsp3) is 0.455. The van der Waals surface area contributed by atoms with Gasteiger partial charge in [0.25, 0.3) is 0 Å². The molecule has 7 heteroatoms. The lowest BCUT2D eigenvalue weighted by Gasteiger charge is -2.33. The molecule has 154 valence electrons. The quantitative estimate of drug-likeness (QED) is 0.497. The summed E-state index contributed by atoms with van der Waals surface area (Å²) in [5.41, 5.74) is 3.13. The Morgan fingerprint density at radius 1 is 1.17 bits per heavy atom. The SMILES string of the molecule is CN=C(NCc1cn2c(C)cccc2n1)NCC(c1ccco1)N1CCCCC1. The number of guanidine groups is 1. The first-order valence-corrected chi connectivity index (χ1v) is 10.4. The lowest BCUT2D eigenvalue weighted by molar-refractivity contribution is 0.146. The molecule has 4 rings (SSSR count). The van der Waals surface area contributed by atoms with Crippen molar-refractivity contribution in [1.29, 1.82) is 0 Å². The smallest absolute Gasteiger partial charge is 0.191 e. The van der Waals surface area contributed by atoms with Crippen LogP contribution in [0.5, 0.6) is 0 Å². The zero-order valence-electron chi connectivity index (χ0n) is 17.3. The number of nitrogens with zero attached hydrogens (tertiary/aromatic N) is 4. The first-order valence-electron chi connectivity index (χ1n) is 10.4. The Balaban J connectivity index is 1.37. The van der Waals surface area contributed by atoms with Crippen LogP contribution in [0.1, 0.15) is 42.5 Å². The molecule has 0 spiro atoms. The molecule has 0 amide bonds. The highest BCUT2D eigenvalue weighted by Gasteiger charge is 2.24. The first kappa shape index (κ1) is 19.5. The third-order valence-corrected chi connectivity index (χ3v) is 5.57. The molecule has 0 aliphatic carbocycles. The average Bonchev–Trinajstić information content (AvgIpc) is 3.42. The van der Waals surface area contributed by atoms with E-state index >= 15 is 0 Å². The van der Waals surface area contributed by atoms with Crippen LogP contribution in [0.2, 0.25) is 0 Å². The predicted octanol–water partition coefficient (Wildman–Crippen LogP) is 3.13. The highest BCUT2D eigenvalue weighted by molar-refractivity contribution is 5.79. The van der Waals surface area contributed by atoms with Crippen molar-refractivity contribution in [2.24, 2.45) is 4.99 Å². The minimum Gasteiger partial charge on any atom is -0.468 e. The first-order chi connectivity index (χ1) is 14.2. The molecule has 7 nitrogen and oxygen atoms in total. The summed E-state index contributed by atoms with van der Waals surface area (Å²) in [4.78, 5) is 11.6. The van der Waals surface area contributed by atoms with Gasteiger partial charge in [-0.25, -0.2) is 4.98 Å². The normalized spacial score (nSPS) is 16.8. The highest BCUT2D eigenvalue weighted by atomic mass is 16.3. The Kier molecular flexibility index (Phi) is 6.14. The topological polar surface area (TPSA) is 70.1 Å². The number of aryl methyl sites for hydroxylation is 1. The number of likely N-dealkylation sites (tertiary alicyclic amines) is 1. The maximum absolute atomic E-state index is 5.73. The summed E-state index contributed by atoms with van der Waals surface area (Å²) < 4.78 is 7.84. The summed E-state index contributed by atoms with van der Waals surface area (Å²) in [5.74, 6) is 1.78. The molecular weight excluding hydrogens is 364 g/mol. The summed E-state index contributed by atoms with van der Waals surface area (Å²) in [6.07, 6.45) is 7.64. The van der Waals surface area contributed by atoms with Gasteiger partial charge in [-0.2, -0.15) is 0 Å². The maximum Gasteiger partial charge on any atom is 0.191 e. The number of aliphatic imine (C=N–C) groups is 1. The van der Waals surface area contributed by atoms with E-state index in [1.807, 2.05) is 18.2 Å². The van der Waals surface area contributed by atoms with Crippen LogP contribution in [0.25, 0.3) is 5.65 Å². The number of rotatable bonds is 6. The van der Waals surface area contributed by atoms with E-state index in [-0.39, 0.29) is 6.04 Å². The predicted molar refractivity (Wildman–Crippen MR) is 115 cm³/mol. The zero-order chi connectivity index (χ0) is 20.1. The van der Waals surface area contributed by atoms with Crippen molar-refractivity contribution in [1.82, 2.24) is 24.9 Å². The summed E-state index contributed by atoms with van der Waals surface area (Å²) in [7, 11) is 1.80. The molecule has 1 aliphatic rings. The van der Waals surface area contributed by atoms with Gasteiger partial charge in [0.2, 0.25) is 0 Å². The van der Waals surface area contributed by atoms with Crippen LogP contribution in [0.3, 0.4) is 0 Å². The molecule has 29 heavy (non-hydrogen) atoms. The minimum atomic E-state index is 0.210. The molecule has 2 N–H and O–H groups in total. The van der Waals surface area contributed by atoms with Crippen LogP contribution in [-0.2, 0) is 6.54 Å². The summed E-state index contributed by atoms with van der Waals surface area (Å²) in [6, 6.07) is 10.4. The van der Waals surface area contributed by atoms with E-state index in [0.717, 1.165) is 42.7 Å². The molecular formula is C22H30N6O. The lowest BCUT2D eigenvalue weighted by atomic mass is 10.1. The van der Waals surface area contributed by atoms with E-state index in [9.17, 15) is 0 Å². The second-order valence-electron chi connectivity index (χ2n) is 7.56. The van der Waals surface area contributed by atoms with E-state index in [4.69, 9.17) is 4.42 Å². The van der Waals surface area contributed by atoms with Gasteiger partial charge in [0.05, 0.1) is 24.5 Å². The van der Waals surface area contributed by atoms with Gasteiger partial charge in [0.15, 0.2) is 5.96 Å². The second kappa shape index (κ2) is 9.13. The van der Waals surface area contributed by atoms with E-state index in [0.29, 0.717) is 6.54 Å². The number of furan rings is 1. The van der Waals surface area contributed by atoms with Crippen molar-refractivity contribution in [2.45, 2.75) is 38.8 Å². The molecule has 3 aromatic heterocycles. The number of hydrogen-bond donors (Lipinski definition) is 2. The largest absolute Gasteiger partial charge is 0.468 e. The second-order valence-corrected chi connectivity index (χ2v) is 7.56. The number of nitrogens with one attached hydrogen (secondary N) is 2. The van der Waals surface area contributed by atoms with Gasteiger partial charge in [-0.1, -0.05) is 12.5 Å². The fourth-order valence-corrected chi connectivity index (χ4v) is 3.99.